The van der Waals surface area contributed by atoms with E-state index in [1.54, 1.807) is 18.2 Å². The van der Waals surface area contributed by atoms with Crippen molar-refractivity contribution in [3.05, 3.63) is 23.8 Å². The molecular formula is C14H21NO3. The number of benzene rings is 1. The molecule has 0 bridgehead atoms. The zero-order chi connectivity index (χ0) is 13.7. The molecule has 100 valence electrons. The van der Waals surface area contributed by atoms with Crippen LogP contribution < -0.4 is 10.5 Å². The summed E-state index contributed by atoms with van der Waals surface area (Å²) >= 11 is 0. The number of carbonyl (C=O) groups is 1. The van der Waals surface area contributed by atoms with E-state index < -0.39 is 5.97 Å². The molecule has 0 radical (unpaired) electrons. The van der Waals surface area contributed by atoms with Crippen molar-refractivity contribution < 1.29 is 14.6 Å². The standard InChI is InChI=1S/C14H21NO3/c1-9(2)4-6-12(15)11-5-7-14(13(17)8-11)18-10(3)16/h5,7-9,12,17H,4,6,15H2,1-3H3/t12-/m1/s1. The predicted molar refractivity (Wildman–Crippen MR) is 70.4 cm³/mol. The second kappa shape index (κ2) is 6.40. The number of nitrogens with two attached hydrogens (primary N) is 1. The molecule has 0 saturated heterocycles. The fraction of sp³-hybridized carbons (Fsp3) is 0.500. The Bertz CT molecular complexity index is 416. The van der Waals surface area contributed by atoms with Crippen LogP contribution in [-0.2, 0) is 4.79 Å². The van der Waals surface area contributed by atoms with Crippen molar-refractivity contribution in [2.75, 3.05) is 0 Å². The van der Waals surface area contributed by atoms with E-state index in [1.807, 2.05) is 0 Å². The lowest BCUT2D eigenvalue weighted by Crippen LogP contribution is -2.11. The lowest BCUT2D eigenvalue weighted by Gasteiger charge is -2.14. The first-order valence-corrected chi connectivity index (χ1v) is 6.17. The van der Waals surface area contributed by atoms with Gasteiger partial charge in [0.15, 0.2) is 11.5 Å². The topological polar surface area (TPSA) is 72.5 Å². The van der Waals surface area contributed by atoms with Gasteiger partial charge in [-0.05, 0) is 36.5 Å². The first kappa shape index (κ1) is 14.5. The normalized spacial score (nSPS) is 12.5. The molecule has 1 rings (SSSR count). The van der Waals surface area contributed by atoms with Gasteiger partial charge in [0, 0.05) is 13.0 Å². The third-order valence-electron chi connectivity index (χ3n) is 2.72. The molecule has 1 aromatic carbocycles. The first-order valence-electron chi connectivity index (χ1n) is 6.17. The Labute approximate surface area is 108 Å². The van der Waals surface area contributed by atoms with Gasteiger partial charge in [-0.2, -0.15) is 0 Å². The van der Waals surface area contributed by atoms with Crippen molar-refractivity contribution >= 4 is 5.97 Å². The number of hydrogen-bond acceptors (Lipinski definition) is 4. The third-order valence-corrected chi connectivity index (χ3v) is 2.72. The smallest absolute Gasteiger partial charge is 0.308 e. The maximum absolute atomic E-state index is 10.8. The number of phenolic OH excluding ortho intramolecular Hbond substituents is 1. The van der Waals surface area contributed by atoms with E-state index in [2.05, 4.69) is 13.8 Å². The Hall–Kier alpha value is -1.55. The quantitative estimate of drug-likeness (QED) is 0.623. The number of esters is 1. The van der Waals surface area contributed by atoms with E-state index in [1.165, 1.54) is 6.92 Å². The molecular weight excluding hydrogens is 230 g/mol. The molecule has 0 amide bonds. The molecule has 4 nitrogen and oxygen atoms in total. The monoisotopic (exact) mass is 251 g/mol. The Morgan fingerprint density at radius 3 is 2.56 bits per heavy atom. The second-order valence-corrected chi connectivity index (χ2v) is 4.90. The van der Waals surface area contributed by atoms with Gasteiger partial charge in [0.05, 0.1) is 0 Å². The minimum absolute atomic E-state index is 0.0531. The highest BCUT2D eigenvalue weighted by Gasteiger charge is 2.11. The van der Waals surface area contributed by atoms with E-state index in [0.717, 1.165) is 18.4 Å². The molecule has 0 fully saturated rings. The molecule has 4 heteroatoms. The van der Waals surface area contributed by atoms with Crippen molar-refractivity contribution in [2.24, 2.45) is 11.7 Å². The Morgan fingerprint density at radius 1 is 1.39 bits per heavy atom. The molecule has 0 spiro atoms. The fourth-order valence-electron chi connectivity index (χ4n) is 1.69. The predicted octanol–water partition coefficient (Wildman–Crippen LogP) is 2.75. The number of rotatable bonds is 5. The van der Waals surface area contributed by atoms with Crippen molar-refractivity contribution in [3.8, 4) is 11.5 Å². The lowest BCUT2D eigenvalue weighted by atomic mass is 9.98. The molecule has 0 saturated carbocycles. The van der Waals surface area contributed by atoms with Gasteiger partial charge in [-0.1, -0.05) is 19.9 Å². The van der Waals surface area contributed by atoms with E-state index in [0.29, 0.717) is 5.92 Å². The lowest BCUT2D eigenvalue weighted by molar-refractivity contribution is -0.132. The van der Waals surface area contributed by atoms with E-state index in [-0.39, 0.29) is 17.5 Å². The Morgan fingerprint density at radius 2 is 2.06 bits per heavy atom. The molecule has 0 aliphatic heterocycles. The summed E-state index contributed by atoms with van der Waals surface area (Å²) in [5.41, 5.74) is 6.90. The van der Waals surface area contributed by atoms with Crippen LogP contribution in [0, 0.1) is 5.92 Å². The van der Waals surface area contributed by atoms with E-state index in [4.69, 9.17) is 10.5 Å². The average molecular weight is 251 g/mol. The summed E-state index contributed by atoms with van der Waals surface area (Å²) in [4.78, 5) is 10.8. The summed E-state index contributed by atoms with van der Waals surface area (Å²) in [7, 11) is 0. The molecule has 0 unspecified atom stereocenters. The highest BCUT2D eigenvalue weighted by molar-refractivity contribution is 5.70. The highest BCUT2D eigenvalue weighted by atomic mass is 16.5. The minimum atomic E-state index is -0.456. The SMILES string of the molecule is CC(=O)Oc1ccc([C@H](N)CCC(C)C)cc1O. The van der Waals surface area contributed by atoms with Gasteiger partial charge in [-0.15, -0.1) is 0 Å². The van der Waals surface area contributed by atoms with Crippen LogP contribution in [-0.4, -0.2) is 11.1 Å². The first-order chi connectivity index (χ1) is 8.40. The van der Waals surface area contributed by atoms with Gasteiger partial charge in [0.1, 0.15) is 0 Å². The van der Waals surface area contributed by atoms with Gasteiger partial charge in [0.2, 0.25) is 0 Å². The number of ether oxygens (including phenoxy) is 1. The molecule has 18 heavy (non-hydrogen) atoms. The van der Waals surface area contributed by atoms with Crippen LogP contribution >= 0.6 is 0 Å². The van der Waals surface area contributed by atoms with Crippen LogP contribution in [0.1, 0.15) is 45.2 Å². The van der Waals surface area contributed by atoms with Crippen LogP contribution in [0.25, 0.3) is 0 Å². The molecule has 1 aromatic rings. The van der Waals surface area contributed by atoms with Gasteiger partial charge < -0.3 is 15.6 Å². The summed E-state index contributed by atoms with van der Waals surface area (Å²) in [6.07, 6.45) is 1.90. The number of phenols is 1. The minimum Gasteiger partial charge on any atom is -0.504 e. The molecule has 0 heterocycles. The van der Waals surface area contributed by atoms with Crippen molar-refractivity contribution in [2.45, 2.75) is 39.7 Å². The van der Waals surface area contributed by atoms with E-state index >= 15 is 0 Å². The summed E-state index contributed by atoms with van der Waals surface area (Å²) in [6.45, 7) is 5.59. The maximum atomic E-state index is 10.8. The summed E-state index contributed by atoms with van der Waals surface area (Å²) in [5.74, 6) is 0.261. The van der Waals surface area contributed by atoms with Gasteiger partial charge in [0.25, 0.3) is 0 Å². The number of hydrogen-bond donors (Lipinski definition) is 2. The van der Waals surface area contributed by atoms with Crippen LogP contribution in [0.2, 0.25) is 0 Å². The van der Waals surface area contributed by atoms with Crippen molar-refractivity contribution in [1.29, 1.82) is 0 Å². The zero-order valence-corrected chi connectivity index (χ0v) is 11.1. The largest absolute Gasteiger partial charge is 0.504 e. The number of aromatic hydroxyl groups is 1. The molecule has 0 aliphatic rings. The zero-order valence-electron chi connectivity index (χ0n) is 11.1. The third kappa shape index (κ3) is 4.37. The summed E-state index contributed by atoms with van der Waals surface area (Å²) in [5, 5.41) is 9.73. The molecule has 3 N–H and O–H groups in total. The van der Waals surface area contributed by atoms with Gasteiger partial charge in [-0.25, -0.2) is 0 Å². The van der Waals surface area contributed by atoms with Crippen LogP contribution in [0.15, 0.2) is 18.2 Å². The van der Waals surface area contributed by atoms with Gasteiger partial charge in [-0.3, -0.25) is 4.79 Å². The van der Waals surface area contributed by atoms with Crippen LogP contribution in [0.3, 0.4) is 0 Å². The Kier molecular flexibility index (Phi) is 5.16. The molecule has 0 aliphatic carbocycles. The Balaban J connectivity index is 2.73. The molecule has 0 aromatic heterocycles. The summed E-state index contributed by atoms with van der Waals surface area (Å²) in [6, 6.07) is 4.80. The molecule has 1 atom stereocenters. The highest BCUT2D eigenvalue weighted by Crippen LogP contribution is 2.30. The van der Waals surface area contributed by atoms with Gasteiger partial charge >= 0.3 is 5.97 Å². The number of carbonyl (C=O) groups excluding carboxylic acids is 1. The average Bonchev–Trinajstić information content (AvgIpc) is 2.28. The van der Waals surface area contributed by atoms with Crippen LogP contribution in [0.4, 0.5) is 0 Å². The van der Waals surface area contributed by atoms with Crippen LogP contribution in [0.5, 0.6) is 11.5 Å². The fourth-order valence-corrected chi connectivity index (χ4v) is 1.69. The maximum Gasteiger partial charge on any atom is 0.308 e. The van der Waals surface area contributed by atoms with Crippen molar-refractivity contribution in [3.63, 3.8) is 0 Å². The van der Waals surface area contributed by atoms with E-state index in [9.17, 15) is 9.90 Å². The van der Waals surface area contributed by atoms with Crippen molar-refractivity contribution in [1.82, 2.24) is 0 Å². The second-order valence-electron chi connectivity index (χ2n) is 4.90. The summed E-state index contributed by atoms with van der Waals surface area (Å²) < 4.78 is 4.85.